The normalized spacial score (nSPS) is 27.0. The van der Waals surface area contributed by atoms with Crippen molar-refractivity contribution in [2.45, 2.75) is 32.4 Å². The molecule has 7 heteroatoms. The number of rotatable bonds is 0. The summed E-state index contributed by atoms with van der Waals surface area (Å²) in [6.07, 6.45) is -0.449. The van der Waals surface area contributed by atoms with Gasteiger partial charge in [0.25, 0.3) is 0 Å². The maximum Gasteiger partial charge on any atom is 0.410 e. The van der Waals surface area contributed by atoms with Crippen molar-refractivity contribution in [1.29, 1.82) is 0 Å². The highest BCUT2D eigenvalue weighted by atomic mass is 16.6. The van der Waals surface area contributed by atoms with Crippen LogP contribution in [0.1, 0.15) is 20.8 Å². The van der Waals surface area contributed by atoms with E-state index in [2.05, 4.69) is 5.32 Å². The third-order valence-corrected chi connectivity index (χ3v) is 3.39. The van der Waals surface area contributed by atoms with Gasteiger partial charge in [0.2, 0.25) is 11.8 Å². The van der Waals surface area contributed by atoms with Gasteiger partial charge in [0.05, 0.1) is 18.5 Å². The van der Waals surface area contributed by atoms with Crippen molar-refractivity contribution in [2.24, 2.45) is 5.92 Å². The summed E-state index contributed by atoms with van der Waals surface area (Å²) >= 11 is 0. The standard InChI is InChI=1S/C13H21N3O4/c1-13(2,3)20-12(19)16-5-8-9(6-16)14-10(17)7-15(4)11(8)18/h8-9H,5-7H2,1-4H3,(H,14,17)/t8-,9+/m0/s1. The molecule has 0 spiro atoms. The Morgan fingerprint density at radius 2 is 1.95 bits per heavy atom. The van der Waals surface area contributed by atoms with E-state index in [1.807, 2.05) is 0 Å². The molecule has 2 atom stereocenters. The lowest BCUT2D eigenvalue weighted by Crippen LogP contribution is -2.41. The lowest BCUT2D eigenvalue weighted by atomic mass is 10.0. The Hall–Kier alpha value is -1.79. The Bertz CT molecular complexity index is 443. The largest absolute Gasteiger partial charge is 0.444 e. The Morgan fingerprint density at radius 1 is 1.30 bits per heavy atom. The zero-order chi connectivity index (χ0) is 15.1. The molecule has 0 aromatic rings. The molecule has 0 aromatic carbocycles. The number of likely N-dealkylation sites (N-methyl/N-ethyl adjacent to an activating group) is 1. The third kappa shape index (κ3) is 3.02. The van der Waals surface area contributed by atoms with Gasteiger partial charge in [-0.3, -0.25) is 9.59 Å². The minimum atomic E-state index is -0.578. The van der Waals surface area contributed by atoms with Crippen LogP contribution < -0.4 is 5.32 Å². The van der Waals surface area contributed by atoms with Gasteiger partial charge in [-0.2, -0.15) is 0 Å². The molecule has 2 aliphatic rings. The lowest BCUT2D eigenvalue weighted by Gasteiger charge is -2.24. The first kappa shape index (κ1) is 14.6. The number of likely N-dealkylation sites (tertiary alicyclic amines) is 1. The fourth-order valence-electron chi connectivity index (χ4n) is 2.50. The maximum atomic E-state index is 12.2. The summed E-state index contributed by atoms with van der Waals surface area (Å²) in [5, 5.41) is 2.80. The van der Waals surface area contributed by atoms with Crippen molar-refractivity contribution in [3.63, 3.8) is 0 Å². The molecule has 0 saturated carbocycles. The van der Waals surface area contributed by atoms with E-state index < -0.39 is 11.7 Å². The predicted octanol–water partition coefficient (Wildman–Crippen LogP) is -0.190. The van der Waals surface area contributed by atoms with Crippen LogP contribution in [0.2, 0.25) is 0 Å². The minimum absolute atomic E-state index is 0.0677. The number of carbonyl (C=O) groups excluding carboxylic acids is 3. The van der Waals surface area contributed by atoms with E-state index in [-0.39, 0.29) is 36.9 Å². The molecule has 2 heterocycles. The van der Waals surface area contributed by atoms with Gasteiger partial charge in [0.15, 0.2) is 0 Å². The highest BCUT2D eigenvalue weighted by molar-refractivity contribution is 5.90. The fourth-order valence-corrected chi connectivity index (χ4v) is 2.50. The first-order chi connectivity index (χ1) is 9.17. The topological polar surface area (TPSA) is 79.0 Å². The fraction of sp³-hybridized carbons (Fsp3) is 0.769. The monoisotopic (exact) mass is 283 g/mol. The van der Waals surface area contributed by atoms with Crippen molar-refractivity contribution < 1.29 is 19.1 Å². The number of amides is 3. The van der Waals surface area contributed by atoms with Crippen LogP contribution in [0.25, 0.3) is 0 Å². The molecule has 2 fully saturated rings. The van der Waals surface area contributed by atoms with Gasteiger partial charge >= 0.3 is 6.09 Å². The summed E-state index contributed by atoms with van der Waals surface area (Å²) in [4.78, 5) is 38.7. The third-order valence-electron chi connectivity index (χ3n) is 3.39. The van der Waals surface area contributed by atoms with E-state index in [1.54, 1.807) is 27.8 Å². The molecule has 2 saturated heterocycles. The highest BCUT2D eigenvalue weighted by Crippen LogP contribution is 2.23. The molecule has 2 aliphatic heterocycles. The van der Waals surface area contributed by atoms with Crippen LogP contribution in [0.5, 0.6) is 0 Å². The zero-order valence-electron chi connectivity index (χ0n) is 12.3. The van der Waals surface area contributed by atoms with Crippen LogP contribution >= 0.6 is 0 Å². The van der Waals surface area contributed by atoms with Gasteiger partial charge < -0.3 is 19.9 Å². The Morgan fingerprint density at radius 3 is 2.55 bits per heavy atom. The van der Waals surface area contributed by atoms with Gasteiger partial charge in [-0.25, -0.2) is 4.79 Å². The van der Waals surface area contributed by atoms with Gasteiger partial charge in [0.1, 0.15) is 5.60 Å². The Balaban J connectivity index is 2.08. The number of ether oxygens (including phenoxy) is 1. The van der Waals surface area contributed by atoms with Crippen molar-refractivity contribution in [3.8, 4) is 0 Å². The molecule has 112 valence electrons. The van der Waals surface area contributed by atoms with Crippen LogP contribution in [-0.4, -0.2) is 66.0 Å². The molecule has 0 aliphatic carbocycles. The quantitative estimate of drug-likeness (QED) is 0.668. The van der Waals surface area contributed by atoms with Gasteiger partial charge in [-0.05, 0) is 20.8 Å². The molecule has 2 rings (SSSR count). The predicted molar refractivity (Wildman–Crippen MR) is 70.9 cm³/mol. The van der Waals surface area contributed by atoms with E-state index in [1.165, 1.54) is 9.80 Å². The molecular formula is C13H21N3O4. The van der Waals surface area contributed by atoms with Crippen LogP contribution in [0.4, 0.5) is 4.79 Å². The first-order valence-electron chi connectivity index (χ1n) is 6.69. The highest BCUT2D eigenvalue weighted by Gasteiger charge is 2.44. The smallest absolute Gasteiger partial charge is 0.410 e. The Labute approximate surface area is 118 Å². The van der Waals surface area contributed by atoms with Crippen LogP contribution in [0.3, 0.4) is 0 Å². The zero-order valence-corrected chi connectivity index (χ0v) is 12.3. The van der Waals surface area contributed by atoms with Crippen LogP contribution in [0, 0.1) is 5.92 Å². The molecule has 0 radical (unpaired) electrons. The van der Waals surface area contributed by atoms with Crippen LogP contribution in [0.15, 0.2) is 0 Å². The van der Waals surface area contributed by atoms with Crippen molar-refractivity contribution in [3.05, 3.63) is 0 Å². The van der Waals surface area contributed by atoms with E-state index in [0.717, 1.165) is 0 Å². The molecule has 1 N–H and O–H groups in total. The summed E-state index contributed by atoms with van der Waals surface area (Å²) in [5.41, 5.74) is -0.578. The van der Waals surface area contributed by atoms with E-state index in [4.69, 9.17) is 4.74 Å². The number of hydrogen-bond donors (Lipinski definition) is 1. The summed E-state index contributed by atoms with van der Waals surface area (Å²) < 4.78 is 5.30. The summed E-state index contributed by atoms with van der Waals surface area (Å²) in [6.45, 7) is 6.03. The second-order valence-corrected chi connectivity index (χ2v) is 6.36. The van der Waals surface area contributed by atoms with Gasteiger partial charge in [0, 0.05) is 20.1 Å². The molecule has 0 aromatic heterocycles. The van der Waals surface area contributed by atoms with Crippen molar-refractivity contribution in [2.75, 3.05) is 26.7 Å². The molecule has 20 heavy (non-hydrogen) atoms. The SMILES string of the molecule is CN1CC(=O)N[C@@H]2CN(C(=O)OC(C)(C)C)C[C@@H]2C1=O. The van der Waals surface area contributed by atoms with E-state index in [0.29, 0.717) is 6.54 Å². The number of carbonyl (C=O) groups is 3. The maximum absolute atomic E-state index is 12.2. The summed E-state index contributed by atoms with van der Waals surface area (Å²) in [7, 11) is 1.60. The second kappa shape index (κ2) is 4.96. The minimum Gasteiger partial charge on any atom is -0.444 e. The molecular weight excluding hydrogens is 262 g/mol. The number of nitrogens with zero attached hydrogens (tertiary/aromatic N) is 2. The molecule has 3 amide bonds. The van der Waals surface area contributed by atoms with Crippen LogP contribution in [-0.2, 0) is 14.3 Å². The molecule has 0 bridgehead atoms. The van der Waals surface area contributed by atoms with Crippen molar-refractivity contribution in [1.82, 2.24) is 15.1 Å². The first-order valence-corrected chi connectivity index (χ1v) is 6.69. The van der Waals surface area contributed by atoms with E-state index >= 15 is 0 Å². The second-order valence-electron chi connectivity index (χ2n) is 6.36. The average molecular weight is 283 g/mol. The van der Waals surface area contributed by atoms with E-state index in [9.17, 15) is 14.4 Å². The number of nitrogens with one attached hydrogen (secondary N) is 1. The average Bonchev–Trinajstić information content (AvgIpc) is 2.65. The molecule has 7 nitrogen and oxygen atoms in total. The number of hydrogen-bond acceptors (Lipinski definition) is 4. The van der Waals surface area contributed by atoms with Crippen molar-refractivity contribution >= 4 is 17.9 Å². The van der Waals surface area contributed by atoms with Gasteiger partial charge in [-0.1, -0.05) is 0 Å². The lowest BCUT2D eigenvalue weighted by molar-refractivity contribution is -0.135. The Kier molecular flexibility index (Phi) is 3.62. The summed E-state index contributed by atoms with van der Waals surface area (Å²) in [5.74, 6) is -0.697. The number of fused-ring (bicyclic) bond motifs is 1. The molecule has 0 unspecified atom stereocenters. The van der Waals surface area contributed by atoms with Gasteiger partial charge in [-0.15, -0.1) is 0 Å². The summed E-state index contributed by atoms with van der Waals surface area (Å²) in [6, 6.07) is -0.326.